The average Bonchev–Trinajstić information content (AvgIpc) is 3.40. The van der Waals surface area contributed by atoms with Crippen LogP contribution in [0.15, 0.2) is 23.2 Å². The summed E-state index contributed by atoms with van der Waals surface area (Å²) in [6.45, 7) is 12.2. The molecule has 0 unspecified atom stereocenters. The van der Waals surface area contributed by atoms with Crippen LogP contribution in [0.1, 0.15) is 52.4 Å². The van der Waals surface area contributed by atoms with Gasteiger partial charge in [0.05, 0.1) is 17.6 Å². The lowest BCUT2D eigenvalue weighted by molar-refractivity contribution is -0.128. The van der Waals surface area contributed by atoms with Crippen LogP contribution in [0.5, 0.6) is 5.75 Å². The van der Waals surface area contributed by atoms with E-state index in [1.165, 1.54) is 6.07 Å². The SMILES string of the molecule is Cc1nc(-c2cn3c(n2)-c2cc(SC4CCN(C(C)(C)C(N)=O)CC4)c(F)cc2OCC3)n(C(C)C)n1. The highest BCUT2D eigenvalue weighted by molar-refractivity contribution is 8.00. The van der Waals surface area contributed by atoms with Gasteiger partial charge in [-0.15, -0.1) is 11.8 Å². The van der Waals surface area contributed by atoms with Gasteiger partial charge in [-0.1, -0.05) is 0 Å². The van der Waals surface area contributed by atoms with Crippen molar-refractivity contribution in [3.8, 4) is 28.7 Å². The van der Waals surface area contributed by atoms with Crippen molar-refractivity contribution in [2.75, 3.05) is 19.7 Å². The molecule has 0 bridgehead atoms. The first kappa shape index (κ1) is 25.7. The van der Waals surface area contributed by atoms with Crippen molar-refractivity contribution in [1.29, 1.82) is 0 Å². The molecule has 2 aliphatic heterocycles. The molecule has 2 aliphatic rings. The standard InChI is InChI=1S/C26H34FN7O2S/c1-15(2)34-24(29-16(3)31-34)20-14-32-10-11-36-21-13-19(27)22(12-18(21)23(32)30-20)37-17-6-8-33(9-7-17)26(4,5)25(28)35/h12-15,17H,6-11H2,1-5H3,(H2,28,35). The minimum absolute atomic E-state index is 0.144. The topological polar surface area (TPSA) is 104 Å². The van der Waals surface area contributed by atoms with Crippen LogP contribution in [0.4, 0.5) is 4.39 Å². The predicted octanol–water partition coefficient (Wildman–Crippen LogP) is 4.05. The van der Waals surface area contributed by atoms with Gasteiger partial charge >= 0.3 is 0 Å². The number of halogens is 1. The number of benzene rings is 1. The number of ether oxygens (including phenoxy) is 1. The number of primary amides is 1. The fourth-order valence-corrected chi connectivity index (χ4v) is 6.08. The molecule has 2 N–H and O–H groups in total. The highest BCUT2D eigenvalue weighted by atomic mass is 32.2. The van der Waals surface area contributed by atoms with Crippen LogP contribution < -0.4 is 10.5 Å². The van der Waals surface area contributed by atoms with Gasteiger partial charge in [-0.25, -0.2) is 19.0 Å². The number of carbonyl (C=O) groups is 1. The number of thioether (sulfide) groups is 1. The number of rotatable bonds is 6. The number of aromatic nitrogens is 5. The third-order valence-electron chi connectivity index (χ3n) is 7.23. The van der Waals surface area contributed by atoms with E-state index in [1.807, 2.05) is 42.3 Å². The van der Waals surface area contributed by atoms with E-state index in [9.17, 15) is 4.79 Å². The zero-order valence-electron chi connectivity index (χ0n) is 22.0. The molecule has 1 aromatic carbocycles. The van der Waals surface area contributed by atoms with E-state index in [0.29, 0.717) is 29.6 Å². The Labute approximate surface area is 220 Å². The summed E-state index contributed by atoms with van der Waals surface area (Å²) in [7, 11) is 0. The van der Waals surface area contributed by atoms with E-state index >= 15 is 4.39 Å². The quantitative estimate of drug-likeness (QED) is 0.516. The molecule has 1 fully saturated rings. The van der Waals surface area contributed by atoms with Crippen LogP contribution in [0.3, 0.4) is 0 Å². The molecule has 0 spiro atoms. The molecule has 1 amide bonds. The minimum Gasteiger partial charge on any atom is -0.491 e. The molecule has 2 aromatic heterocycles. The molecule has 0 radical (unpaired) electrons. The van der Waals surface area contributed by atoms with Gasteiger partial charge in [0.25, 0.3) is 0 Å². The van der Waals surface area contributed by atoms with Crippen molar-refractivity contribution in [2.24, 2.45) is 5.73 Å². The van der Waals surface area contributed by atoms with Gasteiger partial charge in [0.15, 0.2) is 5.82 Å². The van der Waals surface area contributed by atoms with Crippen LogP contribution in [0, 0.1) is 12.7 Å². The normalized spacial score (nSPS) is 16.8. The van der Waals surface area contributed by atoms with Crippen molar-refractivity contribution in [3.63, 3.8) is 0 Å². The Balaban J connectivity index is 1.42. The maximum atomic E-state index is 15.2. The molecule has 4 heterocycles. The Morgan fingerprint density at radius 3 is 2.59 bits per heavy atom. The minimum atomic E-state index is -0.685. The van der Waals surface area contributed by atoms with E-state index in [1.54, 1.807) is 11.8 Å². The molecule has 5 rings (SSSR count). The second kappa shape index (κ2) is 9.75. The van der Waals surface area contributed by atoms with Gasteiger partial charge < -0.3 is 15.0 Å². The number of amides is 1. The van der Waals surface area contributed by atoms with Crippen molar-refractivity contribution in [3.05, 3.63) is 30.0 Å². The Morgan fingerprint density at radius 1 is 1.19 bits per heavy atom. The highest BCUT2D eigenvalue weighted by Crippen LogP contribution is 2.41. The van der Waals surface area contributed by atoms with Crippen molar-refractivity contribution in [1.82, 2.24) is 29.2 Å². The van der Waals surface area contributed by atoms with E-state index < -0.39 is 5.54 Å². The van der Waals surface area contributed by atoms with Gasteiger partial charge in [-0.3, -0.25) is 9.69 Å². The molecule has 0 aliphatic carbocycles. The fourth-order valence-electron chi connectivity index (χ4n) is 4.92. The second-order valence-corrected chi connectivity index (χ2v) is 11.9. The number of fused-ring (bicyclic) bond motifs is 3. The maximum absolute atomic E-state index is 15.2. The molecule has 0 saturated carbocycles. The van der Waals surface area contributed by atoms with Gasteiger partial charge in [-0.05, 0) is 53.5 Å². The third kappa shape index (κ3) is 4.86. The number of imidazole rings is 1. The van der Waals surface area contributed by atoms with Crippen LogP contribution in [0.25, 0.3) is 22.9 Å². The summed E-state index contributed by atoms with van der Waals surface area (Å²) >= 11 is 1.54. The summed E-state index contributed by atoms with van der Waals surface area (Å²) in [5.41, 5.74) is 6.42. The number of carbonyl (C=O) groups excluding carboxylic acids is 1. The van der Waals surface area contributed by atoms with E-state index in [4.69, 9.17) is 15.5 Å². The Morgan fingerprint density at radius 2 is 1.92 bits per heavy atom. The lowest BCUT2D eigenvalue weighted by Gasteiger charge is -2.40. The zero-order valence-corrected chi connectivity index (χ0v) is 22.8. The molecule has 9 nitrogen and oxygen atoms in total. The van der Waals surface area contributed by atoms with Gasteiger partial charge in [0.2, 0.25) is 5.91 Å². The number of hydrogen-bond donors (Lipinski definition) is 1. The lowest BCUT2D eigenvalue weighted by Crippen LogP contribution is -2.56. The zero-order chi connectivity index (χ0) is 26.5. The number of nitrogens with two attached hydrogens (primary N) is 1. The number of likely N-dealkylation sites (tertiary alicyclic amines) is 1. The first-order chi connectivity index (χ1) is 17.5. The number of hydrogen-bond acceptors (Lipinski definition) is 7. The van der Waals surface area contributed by atoms with E-state index in [-0.39, 0.29) is 23.0 Å². The molecule has 1 saturated heterocycles. The van der Waals surface area contributed by atoms with Gasteiger partial charge in [0.1, 0.15) is 35.5 Å². The van der Waals surface area contributed by atoms with Crippen LogP contribution in [0.2, 0.25) is 0 Å². The number of piperidine rings is 1. The van der Waals surface area contributed by atoms with E-state index in [2.05, 4.69) is 28.8 Å². The van der Waals surface area contributed by atoms with E-state index in [0.717, 1.165) is 48.8 Å². The average molecular weight is 528 g/mol. The van der Waals surface area contributed by atoms with Crippen molar-refractivity contribution >= 4 is 17.7 Å². The highest BCUT2D eigenvalue weighted by Gasteiger charge is 2.35. The Kier molecular flexibility index (Phi) is 6.78. The lowest BCUT2D eigenvalue weighted by atomic mass is 9.98. The predicted molar refractivity (Wildman–Crippen MR) is 141 cm³/mol. The van der Waals surface area contributed by atoms with Crippen molar-refractivity contribution in [2.45, 2.75) is 75.7 Å². The van der Waals surface area contributed by atoms with Gasteiger partial charge in [-0.2, -0.15) is 5.10 Å². The summed E-state index contributed by atoms with van der Waals surface area (Å²) < 4.78 is 25.0. The third-order valence-corrected chi connectivity index (χ3v) is 8.60. The summed E-state index contributed by atoms with van der Waals surface area (Å²) in [5.74, 6) is 2.03. The van der Waals surface area contributed by atoms with Crippen LogP contribution in [-0.4, -0.2) is 65.6 Å². The second-order valence-electron chi connectivity index (χ2n) is 10.5. The summed E-state index contributed by atoms with van der Waals surface area (Å²) in [6, 6.07) is 3.49. The van der Waals surface area contributed by atoms with Crippen molar-refractivity contribution < 1.29 is 13.9 Å². The first-order valence-electron chi connectivity index (χ1n) is 12.7. The first-order valence-corrected chi connectivity index (χ1v) is 13.6. The largest absolute Gasteiger partial charge is 0.491 e. The summed E-state index contributed by atoms with van der Waals surface area (Å²) in [5, 5.41) is 4.76. The van der Waals surface area contributed by atoms with Crippen LogP contribution in [-0.2, 0) is 11.3 Å². The fraction of sp³-hybridized carbons (Fsp3) is 0.538. The Bertz CT molecular complexity index is 1320. The monoisotopic (exact) mass is 527 g/mol. The molecule has 37 heavy (non-hydrogen) atoms. The molecule has 198 valence electrons. The smallest absolute Gasteiger partial charge is 0.237 e. The van der Waals surface area contributed by atoms with Gasteiger partial charge in [0, 0.05) is 41.5 Å². The molecule has 0 atom stereocenters. The van der Waals surface area contributed by atoms with Crippen LogP contribution >= 0.6 is 11.8 Å². The number of nitrogens with zero attached hydrogens (tertiary/aromatic N) is 6. The summed E-state index contributed by atoms with van der Waals surface area (Å²) in [4.78, 5) is 24.1. The number of aryl methyl sites for hydroxylation is 1. The Hall–Kier alpha value is -2.92. The molecule has 3 aromatic rings. The molecule has 11 heteroatoms. The summed E-state index contributed by atoms with van der Waals surface area (Å²) in [6.07, 6.45) is 3.66. The maximum Gasteiger partial charge on any atom is 0.237 e. The molecular formula is C26H34FN7O2S. The molecular weight excluding hydrogens is 493 g/mol.